The van der Waals surface area contributed by atoms with Crippen LogP contribution in [0.4, 0.5) is 0 Å². The molecule has 1 aromatic heterocycles. The summed E-state index contributed by atoms with van der Waals surface area (Å²) in [5.41, 5.74) is 4.94. The Morgan fingerprint density at radius 3 is 2.89 bits per heavy atom. The molecule has 0 N–H and O–H groups in total. The zero-order valence-corrected chi connectivity index (χ0v) is 17.1. The molecule has 0 amide bonds. The molecule has 0 bridgehead atoms. The molecule has 1 fully saturated rings. The van der Waals surface area contributed by atoms with Crippen molar-refractivity contribution in [2.24, 2.45) is 5.41 Å². The highest BCUT2D eigenvalue weighted by atomic mass is 16.1. The SMILES string of the molecule is CC[C@@]12C=C(C(=O)/C=C/N(C)C)n3c4c(c5ccccc53)CCN(CCC1)[C@H]42. The van der Waals surface area contributed by atoms with E-state index in [9.17, 15) is 4.79 Å². The van der Waals surface area contributed by atoms with Gasteiger partial charge in [-0.3, -0.25) is 9.69 Å². The Balaban J connectivity index is 1.80. The highest BCUT2D eigenvalue weighted by Gasteiger charge is 2.50. The molecule has 0 aliphatic carbocycles. The summed E-state index contributed by atoms with van der Waals surface area (Å²) >= 11 is 0. The van der Waals surface area contributed by atoms with E-state index in [2.05, 4.69) is 46.7 Å². The third-order valence-corrected chi connectivity index (χ3v) is 7.03. The van der Waals surface area contributed by atoms with Gasteiger partial charge < -0.3 is 9.47 Å². The maximum atomic E-state index is 13.3. The van der Waals surface area contributed by atoms with Gasteiger partial charge in [0.15, 0.2) is 0 Å². The molecular weight excluding hydrogens is 346 g/mol. The number of ketones is 1. The van der Waals surface area contributed by atoms with Gasteiger partial charge in [-0.25, -0.2) is 0 Å². The van der Waals surface area contributed by atoms with Crippen molar-refractivity contribution >= 4 is 22.4 Å². The van der Waals surface area contributed by atoms with Gasteiger partial charge in [0.25, 0.3) is 0 Å². The lowest BCUT2D eigenvalue weighted by Crippen LogP contribution is -2.51. The first kappa shape index (κ1) is 17.7. The number of piperidine rings is 1. The van der Waals surface area contributed by atoms with E-state index in [1.165, 1.54) is 41.5 Å². The van der Waals surface area contributed by atoms with E-state index in [1.54, 1.807) is 6.08 Å². The first-order chi connectivity index (χ1) is 13.6. The lowest BCUT2D eigenvalue weighted by Gasteiger charge is -2.53. The zero-order valence-electron chi connectivity index (χ0n) is 17.1. The fraction of sp³-hybridized carbons (Fsp3) is 0.458. The van der Waals surface area contributed by atoms with Gasteiger partial charge in [0.05, 0.1) is 17.3 Å². The van der Waals surface area contributed by atoms with Gasteiger partial charge in [0.1, 0.15) is 0 Å². The number of benzene rings is 1. The summed E-state index contributed by atoms with van der Waals surface area (Å²) in [6.07, 6.45) is 10.4. The van der Waals surface area contributed by atoms with E-state index in [0.717, 1.165) is 25.1 Å². The lowest BCUT2D eigenvalue weighted by atomic mass is 9.66. The first-order valence-corrected chi connectivity index (χ1v) is 10.5. The van der Waals surface area contributed by atoms with Crippen molar-refractivity contribution in [2.45, 2.75) is 38.6 Å². The summed E-state index contributed by atoms with van der Waals surface area (Å²) in [6.45, 7) is 4.60. The van der Waals surface area contributed by atoms with Crippen LogP contribution in [-0.4, -0.2) is 47.3 Å². The second kappa shape index (κ2) is 6.35. The van der Waals surface area contributed by atoms with E-state index in [1.807, 2.05) is 25.2 Å². The minimum atomic E-state index is 0.0642. The van der Waals surface area contributed by atoms with Crippen LogP contribution in [0.1, 0.15) is 43.5 Å². The first-order valence-electron chi connectivity index (χ1n) is 10.5. The summed E-state index contributed by atoms with van der Waals surface area (Å²) in [6, 6.07) is 9.03. The van der Waals surface area contributed by atoms with Gasteiger partial charge in [-0.1, -0.05) is 25.1 Å². The van der Waals surface area contributed by atoms with E-state index >= 15 is 0 Å². The zero-order chi connectivity index (χ0) is 19.5. The number of hydrogen-bond acceptors (Lipinski definition) is 3. The summed E-state index contributed by atoms with van der Waals surface area (Å²) in [7, 11) is 3.91. The number of allylic oxidation sites excluding steroid dienone is 2. The maximum Gasteiger partial charge on any atom is 0.203 e. The normalized spacial score (nSPS) is 26.4. The standard InChI is InChI=1S/C24H29N3O/c1-4-24-12-7-13-26-15-10-18-17-8-5-6-9-19(17)27(22(18)23(24)26)20(16-24)21(28)11-14-25(2)3/h5-6,8-9,11,14,16,23H,4,7,10,12-13,15H2,1-3H3/b14-11+/t23-,24+/m1/s1. The Morgan fingerprint density at radius 1 is 1.29 bits per heavy atom. The van der Waals surface area contributed by atoms with Gasteiger partial charge in [0, 0.05) is 49.4 Å². The predicted octanol–water partition coefficient (Wildman–Crippen LogP) is 4.23. The average molecular weight is 376 g/mol. The molecule has 4 nitrogen and oxygen atoms in total. The molecule has 28 heavy (non-hydrogen) atoms. The Kier molecular flexibility index (Phi) is 4.02. The van der Waals surface area contributed by atoms with E-state index in [0.29, 0.717) is 6.04 Å². The lowest BCUT2D eigenvalue weighted by molar-refractivity contribution is -0.110. The second-order valence-electron chi connectivity index (χ2n) is 8.77. The van der Waals surface area contributed by atoms with Crippen molar-refractivity contribution in [1.29, 1.82) is 0 Å². The van der Waals surface area contributed by atoms with Gasteiger partial charge in [-0.15, -0.1) is 0 Å². The molecule has 146 valence electrons. The largest absolute Gasteiger partial charge is 0.383 e. The quantitative estimate of drug-likeness (QED) is 0.749. The topological polar surface area (TPSA) is 28.5 Å². The second-order valence-corrected chi connectivity index (χ2v) is 8.77. The number of aromatic nitrogens is 1. The van der Waals surface area contributed by atoms with Crippen molar-refractivity contribution < 1.29 is 4.79 Å². The Hall–Kier alpha value is -2.33. The van der Waals surface area contributed by atoms with Crippen molar-refractivity contribution in [3.05, 3.63) is 53.9 Å². The minimum absolute atomic E-state index is 0.0642. The third kappa shape index (κ3) is 2.37. The molecule has 4 heterocycles. The predicted molar refractivity (Wildman–Crippen MR) is 114 cm³/mol. The molecule has 5 rings (SSSR count). The van der Waals surface area contributed by atoms with E-state index in [4.69, 9.17) is 0 Å². The van der Waals surface area contributed by atoms with E-state index in [-0.39, 0.29) is 11.2 Å². The summed E-state index contributed by atoms with van der Waals surface area (Å²) in [4.78, 5) is 17.9. The van der Waals surface area contributed by atoms with Crippen molar-refractivity contribution in [1.82, 2.24) is 14.4 Å². The summed E-state index contributed by atoms with van der Waals surface area (Å²) in [5.74, 6) is 0.103. The molecule has 0 saturated carbocycles. The number of para-hydroxylation sites is 1. The van der Waals surface area contributed by atoms with Gasteiger partial charge >= 0.3 is 0 Å². The van der Waals surface area contributed by atoms with Crippen molar-refractivity contribution in [2.75, 3.05) is 27.2 Å². The van der Waals surface area contributed by atoms with Crippen LogP contribution in [0, 0.1) is 5.41 Å². The number of hydrogen-bond donors (Lipinski definition) is 0. The number of rotatable bonds is 4. The Morgan fingerprint density at radius 2 is 2.11 bits per heavy atom. The van der Waals surface area contributed by atoms with Crippen LogP contribution in [0.25, 0.3) is 16.6 Å². The van der Waals surface area contributed by atoms with Gasteiger partial charge in [-0.2, -0.15) is 0 Å². The van der Waals surface area contributed by atoms with Crippen molar-refractivity contribution in [3.63, 3.8) is 0 Å². The van der Waals surface area contributed by atoms with Crippen LogP contribution >= 0.6 is 0 Å². The molecular formula is C24H29N3O. The molecule has 2 atom stereocenters. The van der Waals surface area contributed by atoms with E-state index < -0.39 is 0 Å². The molecule has 1 saturated heterocycles. The van der Waals surface area contributed by atoms with Crippen LogP contribution in [0.5, 0.6) is 0 Å². The molecule has 3 aliphatic rings. The number of carbonyl (C=O) groups is 1. The monoisotopic (exact) mass is 375 g/mol. The van der Waals surface area contributed by atoms with Crippen LogP contribution in [0.15, 0.2) is 42.6 Å². The van der Waals surface area contributed by atoms with Crippen LogP contribution in [-0.2, 0) is 11.2 Å². The molecule has 3 aliphatic heterocycles. The van der Waals surface area contributed by atoms with Gasteiger partial charge in [-0.05, 0) is 49.9 Å². The fourth-order valence-corrected chi connectivity index (χ4v) is 5.76. The summed E-state index contributed by atoms with van der Waals surface area (Å²) < 4.78 is 2.29. The number of nitrogens with zero attached hydrogens (tertiary/aromatic N) is 3. The van der Waals surface area contributed by atoms with Crippen molar-refractivity contribution in [3.8, 4) is 0 Å². The van der Waals surface area contributed by atoms with Crippen LogP contribution in [0.3, 0.4) is 0 Å². The number of carbonyl (C=O) groups excluding carboxylic acids is 1. The molecule has 0 spiro atoms. The average Bonchev–Trinajstić information content (AvgIpc) is 3.05. The van der Waals surface area contributed by atoms with Gasteiger partial charge in [0.2, 0.25) is 5.78 Å². The van der Waals surface area contributed by atoms with Crippen LogP contribution < -0.4 is 0 Å². The fourth-order valence-electron chi connectivity index (χ4n) is 5.76. The maximum absolute atomic E-state index is 13.3. The number of fused-ring (bicyclic) bond motifs is 3. The summed E-state index contributed by atoms with van der Waals surface area (Å²) in [5, 5.41) is 1.32. The molecule has 1 aromatic carbocycles. The highest BCUT2D eigenvalue weighted by Crippen LogP contribution is 2.57. The highest BCUT2D eigenvalue weighted by molar-refractivity contribution is 6.23. The minimum Gasteiger partial charge on any atom is -0.383 e. The molecule has 0 unspecified atom stereocenters. The molecule has 0 radical (unpaired) electrons. The Labute approximate surface area is 167 Å². The smallest absolute Gasteiger partial charge is 0.203 e. The molecule has 2 aromatic rings. The van der Waals surface area contributed by atoms with Crippen LogP contribution in [0.2, 0.25) is 0 Å². The third-order valence-electron chi connectivity index (χ3n) is 7.03. The Bertz CT molecular complexity index is 1010. The molecule has 4 heteroatoms.